The van der Waals surface area contributed by atoms with Gasteiger partial charge in [-0.25, -0.2) is 14.6 Å². The van der Waals surface area contributed by atoms with Crippen molar-refractivity contribution in [2.24, 2.45) is 5.92 Å². The Labute approximate surface area is 158 Å². The molecule has 2 aromatic heterocycles. The van der Waals surface area contributed by atoms with Crippen molar-refractivity contribution in [3.8, 4) is 5.82 Å². The van der Waals surface area contributed by atoms with Crippen molar-refractivity contribution in [2.45, 2.75) is 32.6 Å². The lowest BCUT2D eigenvalue weighted by Crippen LogP contribution is -2.51. The van der Waals surface area contributed by atoms with Crippen molar-refractivity contribution in [1.29, 1.82) is 0 Å². The second-order valence-electron chi connectivity index (χ2n) is 7.21. The SMILES string of the molecule is Cc1nc(N2CCN(C(=O)C3CCC(=O)CC3)CC2)cc(-n2cccn2)n1. The van der Waals surface area contributed by atoms with Gasteiger partial charge in [-0.05, 0) is 25.8 Å². The third kappa shape index (κ3) is 3.84. The second-order valence-corrected chi connectivity index (χ2v) is 7.21. The van der Waals surface area contributed by atoms with E-state index in [2.05, 4.69) is 20.0 Å². The highest BCUT2D eigenvalue weighted by Crippen LogP contribution is 2.25. The van der Waals surface area contributed by atoms with Crippen LogP contribution in [0.4, 0.5) is 5.82 Å². The fraction of sp³-hybridized carbons (Fsp3) is 0.526. The molecule has 8 nitrogen and oxygen atoms in total. The van der Waals surface area contributed by atoms with Crippen molar-refractivity contribution in [2.75, 3.05) is 31.1 Å². The van der Waals surface area contributed by atoms with E-state index < -0.39 is 0 Å². The summed E-state index contributed by atoms with van der Waals surface area (Å²) >= 11 is 0. The fourth-order valence-corrected chi connectivity index (χ4v) is 3.82. The Morgan fingerprint density at radius 3 is 2.44 bits per heavy atom. The van der Waals surface area contributed by atoms with Crippen LogP contribution in [0.2, 0.25) is 0 Å². The van der Waals surface area contributed by atoms with Gasteiger partial charge in [0.15, 0.2) is 5.82 Å². The second kappa shape index (κ2) is 7.46. The number of aromatic nitrogens is 4. The van der Waals surface area contributed by atoms with E-state index >= 15 is 0 Å². The lowest BCUT2D eigenvalue weighted by Gasteiger charge is -2.37. The van der Waals surface area contributed by atoms with Crippen LogP contribution in [0.25, 0.3) is 5.82 Å². The molecule has 3 heterocycles. The number of amides is 1. The number of ketones is 1. The Balaban J connectivity index is 1.41. The first kappa shape index (κ1) is 17.6. The van der Waals surface area contributed by atoms with Crippen LogP contribution in [0.1, 0.15) is 31.5 Å². The zero-order chi connectivity index (χ0) is 18.8. The van der Waals surface area contributed by atoms with E-state index in [0.29, 0.717) is 44.6 Å². The number of hydrogen-bond donors (Lipinski definition) is 0. The molecule has 0 spiro atoms. The number of piperazine rings is 1. The first-order valence-corrected chi connectivity index (χ1v) is 9.51. The molecule has 1 saturated heterocycles. The summed E-state index contributed by atoms with van der Waals surface area (Å²) in [6.45, 7) is 4.73. The third-order valence-electron chi connectivity index (χ3n) is 5.36. The molecule has 0 aromatic carbocycles. The molecular weight excluding hydrogens is 344 g/mol. The summed E-state index contributed by atoms with van der Waals surface area (Å²) in [7, 11) is 0. The Bertz CT molecular complexity index is 817. The molecule has 0 radical (unpaired) electrons. The van der Waals surface area contributed by atoms with E-state index in [9.17, 15) is 9.59 Å². The van der Waals surface area contributed by atoms with Gasteiger partial charge in [-0.3, -0.25) is 9.59 Å². The van der Waals surface area contributed by atoms with Crippen LogP contribution in [-0.2, 0) is 9.59 Å². The van der Waals surface area contributed by atoms with Gasteiger partial charge in [0, 0.05) is 63.4 Å². The summed E-state index contributed by atoms with van der Waals surface area (Å²) in [5, 5.41) is 4.24. The number of carbonyl (C=O) groups excluding carboxylic acids is 2. The maximum absolute atomic E-state index is 12.7. The predicted octanol–water partition coefficient (Wildman–Crippen LogP) is 1.38. The van der Waals surface area contributed by atoms with Crippen molar-refractivity contribution in [1.82, 2.24) is 24.6 Å². The lowest BCUT2D eigenvalue weighted by atomic mass is 9.87. The van der Waals surface area contributed by atoms with E-state index in [1.54, 1.807) is 10.9 Å². The smallest absolute Gasteiger partial charge is 0.225 e. The van der Waals surface area contributed by atoms with Gasteiger partial charge in [-0.1, -0.05) is 0 Å². The molecule has 2 aliphatic rings. The van der Waals surface area contributed by atoms with Crippen molar-refractivity contribution in [3.63, 3.8) is 0 Å². The molecule has 0 atom stereocenters. The monoisotopic (exact) mass is 368 g/mol. The quantitative estimate of drug-likeness (QED) is 0.814. The van der Waals surface area contributed by atoms with Crippen molar-refractivity contribution >= 4 is 17.5 Å². The molecule has 1 aliphatic carbocycles. The average Bonchev–Trinajstić information content (AvgIpc) is 3.23. The van der Waals surface area contributed by atoms with Gasteiger partial charge in [0.1, 0.15) is 17.4 Å². The maximum Gasteiger partial charge on any atom is 0.225 e. The molecule has 27 heavy (non-hydrogen) atoms. The van der Waals surface area contributed by atoms with Crippen molar-refractivity contribution < 1.29 is 9.59 Å². The molecule has 4 rings (SSSR count). The Morgan fingerprint density at radius 1 is 1.07 bits per heavy atom. The standard InChI is InChI=1S/C19H24N6O2/c1-14-21-17(13-18(22-14)25-8-2-7-20-25)23-9-11-24(12-10-23)19(27)15-3-5-16(26)6-4-15/h2,7-8,13,15H,3-6,9-12H2,1H3. The topological polar surface area (TPSA) is 84.2 Å². The average molecular weight is 368 g/mol. The number of rotatable bonds is 3. The summed E-state index contributed by atoms with van der Waals surface area (Å²) < 4.78 is 1.72. The minimum Gasteiger partial charge on any atom is -0.353 e. The van der Waals surface area contributed by atoms with E-state index in [1.807, 2.05) is 30.2 Å². The van der Waals surface area contributed by atoms with Gasteiger partial charge in [0.2, 0.25) is 5.91 Å². The molecule has 2 fully saturated rings. The molecule has 0 N–H and O–H groups in total. The first-order valence-electron chi connectivity index (χ1n) is 9.51. The zero-order valence-electron chi connectivity index (χ0n) is 15.5. The molecule has 0 unspecified atom stereocenters. The van der Waals surface area contributed by atoms with Crippen LogP contribution >= 0.6 is 0 Å². The van der Waals surface area contributed by atoms with Gasteiger partial charge in [0.25, 0.3) is 0 Å². The summed E-state index contributed by atoms with van der Waals surface area (Å²) in [6, 6.07) is 3.80. The van der Waals surface area contributed by atoms with Gasteiger partial charge in [0.05, 0.1) is 0 Å². The van der Waals surface area contributed by atoms with Crippen molar-refractivity contribution in [3.05, 3.63) is 30.4 Å². The van der Waals surface area contributed by atoms with E-state index in [-0.39, 0.29) is 17.6 Å². The summed E-state index contributed by atoms with van der Waals surface area (Å²) in [5.74, 6) is 2.82. The fourth-order valence-electron chi connectivity index (χ4n) is 3.82. The molecule has 0 bridgehead atoms. The normalized spacial score (nSPS) is 18.8. The summed E-state index contributed by atoms with van der Waals surface area (Å²) in [4.78, 5) is 37.3. The number of nitrogens with zero attached hydrogens (tertiary/aromatic N) is 6. The van der Waals surface area contributed by atoms with E-state index in [4.69, 9.17) is 0 Å². The molecule has 1 saturated carbocycles. The lowest BCUT2D eigenvalue weighted by molar-refractivity contribution is -0.137. The number of aryl methyl sites for hydroxylation is 1. The third-order valence-corrected chi connectivity index (χ3v) is 5.36. The number of Topliss-reactive ketones (excluding diaryl/α,β-unsaturated/α-hetero) is 1. The summed E-state index contributed by atoms with van der Waals surface area (Å²) in [5.41, 5.74) is 0. The van der Waals surface area contributed by atoms with Gasteiger partial charge < -0.3 is 9.80 Å². The molecule has 2 aromatic rings. The van der Waals surface area contributed by atoms with Crippen LogP contribution in [-0.4, -0.2) is 62.5 Å². The largest absolute Gasteiger partial charge is 0.353 e. The minimum absolute atomic E-state index is 0.0157. The predicted molar refractivity (Wildman–Crippen MR) is 99.6 cm³/mol. The van der Waals surface area contributed by atoms with Gasteiger partial charge in [-0.15, -0.1) is 0 Å². The Kier molecular flexibility index (Phi) is 4.87. The van der Waals surface area contributed by atoms with Crippen LogP contribution in [0.5, 0.6) is 0 Å². The minimum atomic E-state index is 0.0157. The Morgan fingerprint density at radius 2 is 1.78 bits per heavy atom. The molecule has 8 heteroatoms. The van der Waals surface area contributed by atoms with Gasteiger partial charge >= 0.3 is 0 Å². The highest BCUT2D eigenvalue weighted by atomic mass is 16.2. The van der Waals surface area contributed by atoms with Gasteiger partial charge in [-0.2, -0.15) is 5.10 Å². The van der Waals surface area contributed by atoms with Crippen LogP contribution in [0.3, 0.4) is 0 Å². The molecular formula is C19H24N6O2. The molecule has 1 aliphatic heterocycles. The van der Waals surface area contributed by atoms with E-state index in [1.165, 1.54) is 0 Å². The number of carbonyl (C=O) groups is 2. The van der Waals surface area contributed by atoms with Crippen LogP contribution < -0.4 is 4.90 Å². The Hall–Kier alpha value is -2.77. The molecule has 1 amide bonds. The highest BCUT2D eigenvalue weighted by molar-refractivity contribution is 5.84. The van der Waals surface area contributed by atoms with E-state index in [0.717, 1.165) is 24.7 Å². The van der Waals surface area contributed by atoms with Crippen LogP contribution in [0, 0.1) is 12.8 Å². The first-order chi connectivity index (χ1) is 13.1. The maximum atomic E-state index is 12.7. The molecule has 142 valence electrons. The summed E-state index contributed by atoms with van der Waals surface area (Å²) in [6.07, 6.45) is 6.09. The highest BCUT2D eigenvalue weighted by Gasteiger charge is 2.30. The zero-order valence-corrected chi connectivity index (χ0v) is 15.5. The number of hydrogen-bond acceptors (Lipinski definition) is 6. The van der Waals surface area contributed by atoms with Crippen LogP contribution in [0.15, 0.2) is 24.5 Å². The number of anilines is 1.